The van der Waals surface area contributed by atoms with Crippen LogP contribution in [0.2, 0.25) is 0 Å². The smallest absolute Gasteiger partial charge is 0.322 e. The topological polar surface area (TPSA) is 126 Å². The lowest BCUT2D eigenvalue weighted by Crippen LogP contribution is -2.54. The summed E-state index contributed by atoms with van der Waals surface area (Å²) in [7, 11) is 0. The minimum Gasteiger partial charge on any atom is -0.368 e. The van der Waals surface area contributed by atoms with Gasteiger partial charge in [-0.05, 0) is 24.0 Å². The minimum absolute atomic E-state index is 0.0381. The minimum atomic E-state index is -0.901. The van der Waals surface area contributed by atoms with E-state index in [2.05, 4.69) is 20.9 Å². The number of carbonyl (C=O) groups is 3. The molecule has 0 spiro atoms. The standard InChI is InChI=1S/C22H25N5O3/c23-19(28)18(13-15-7-3-1-4-8-15)25-22(30)27-21(26-20(29)17-11-12-17)24-14-16-9-5-2-6-10-16/h1-10,17-18H,11-14H2,(H2,23,28)(H3,24,25,26,27,29,30)/t18-/m0/s1. The van der Waals surface area contributed by atoms with Crippen molar-refractivity contribution in [1.82, 2.24) is 16.0 Å². The molecule has 0 unspecified atom stereocenters. The van der Waals surface area contributed by atoms with Gasteiger partial charge < -0.3 is 11.1 Å². The predicted octanol–water partition coefficient (Wildman–Crippen LogP) is 1.46. The Kier molecular flexibility index (Phi) is 7.15. The number of urea groups is 1. The maximum absolute atomic E-state index is 12.5. The van der Waals surface area contributed by atoms with Gasteiger partial charge in [-0.15, -0.1) is 0 Å². The molecule has 8 heteroatoms. The average molecular weight is 407 g/mol. The molecular weight excluding hydrogens is 382 g/mol. The van der Waals surface area contributed by atoms with Crippen LogP contribution in [0.3, 0.4) is 0 Å². The summed E-state index contributed by atoms with van der Waals surface area (Å²) in [5.74, 6) is -0.846. The van der Waals surface area contributed by atoms with Gasteiger partial charge in [-0.1, -0.05) is 60.7 Å². The quantitative estimate of drug-likeness (QED) is 0.410. The number of hydrogen-bond donors (Lipinski definition) is 4. The molecule has 0 bridgehead atoms. The van der Waals surface area contributed by atoms with Crippen LogP contribution in [-0.2, 0) is 22.6 Å². The Morgan fingerprint density at radius 2 is 1.53 bits per heavy atom. The van der Waals surface area contributed by atoms with Gasteiger partial charge in [0.2, 0.25) is 17.8 Å². The number of amides is 4. The number of carbonyl (C=O) groups excluding carboxylic acids is 3. The van der Waals surface area contributed by atoms with Crippen LogP contribution in [0.25, 0.3) is 0 Å². The molecule has 0 aromatic heterocycles. The van der Waals surface area contributed by atoms with Crippen LogP contribution in [0, 0.1) is 5.92 Å². The van der Waals surface area contributed by atoms with Crippen molar-refractivity contribution in [3.8, 4) is 0 Å². The van der Waals surface area contributed by atoms with Crippen molar-refractivity contribution in [2.75, 3.05) is 0 Å². The molecule has 1 atom stereocenters. The number of hydrogen-bond acceptors (Lipinski definition) is 4. The number of nitrogens with zero attached hydrogens (tertiary/aromatic N) is 1. The number of benzene rings is 2. The van der Waals surface area contributed by atoms with E-state index in [1.807, 2.05) is 60.7 Å². The lowest BCUT2D eigenvalue weighted by atomic mass is 10.1. The van der Waals surface area contributed by atoms with E-state index in [-0.39, 0.29) is 30.8 Å². The largest absolute Gasteiger partial charge is 0.368 e. The average Bonchev–Trinajstić information content (AvgIpc) is 3.58. The van der Waals surface area contributed by atoms with Gasteiger partial charge in [-0.25, -0.2) is 9.79 Å². The second-order valence-corrected chi connectivity index (χ2v) is 7.16. The second-order valence-electron chi connectivity index (χ2n) is 7.16. The first-order valence-corrected chi connectivity index (χ1v) is 9.81. The lowest BCUT2D eigenvalue weighted by molar-refractivity contribution is -0.121. The molecule has 156 valence electrons. The monoisotopic (exact) mass is 407 g/mol. The molecule has 8 nitrogen and oxygen atoms in total. The highest BCUT2D eigenvalue weighted by Crippen LogP contribution is 2.28. The molecule has 1 saturated carbocycles. The first kappa shape index (κ1) is 21.0. The zero-order valence-electron chi connectivity index (χ0n) is 16.5. The molecule has 1 aliphatic carbocycles. The van der Waals surface area contributed by atoms with Crippen molar-refractivity contribution in [3.05, 3.63) is 71.8 Å². The Labute approximate surface area is 175 Å². The van der Waals surface area contributed by atoms with Crippen molar-refractivity contribution in [3.63, 3.8) is 0 Å². The molecule has 3 rings (SSSR count). The van der Waals surface area contributed by atoms with E-state index in [4.69, 9.17) is 5.73 Å². The van der Waals surface area contributed by atoms with Crippen molar-refractivity contribution in [1.29, 1.82) is 0 Å². The molecule has 2 aromatic rings. The van der Waals surface area contributed by atoms with Gasteiger partial charge >= 0.3 is 6.03 Å². The summed E-state index contributed by atoms with van der Waals surface area (Å²) < 4.78 is 0. The number of nitrogens with two attached hydrogens (primary N) is 1. The van der Waals surface area contributed by atoms with Gasteiger partial charge in [-0.3, -0.25) is 20.2 Å². The zero-order chi connectivity index (χ0) is 21.3. The van der Waals surface area contributed by atoms with Gasteiger partial charge in [0, 0.05) is 12.3 Å². The SMILES string of the molecule is NC(=O)[C@H](Cc1ccccc1)NC(=O)NC(=NCc1ccccc1)NC(=O)C1CC1. The van der Waals surface area contributed by atoms with E-state index in [0.29, 0.717) is 0 Å². The summed E-state index contributed by atoms with van der Waals surface area (Å²) >= 11 is 0. The summed E-state index contributed by atoms with van der Waals surface area (Å²) in [4.78, 5) is 40.7. The highest BCUT2D eigenvalue weighted by molar-refractivity contribution is 6.05. The Balaban J connectivity index is 1.64. The summed E-state index contributed by atoms with van der Waals surface area (Å²) in [6.45, 7) is 0.282. The van der Waals surface area contributed by atoms with Gasteiger partial charge in [0.15, 0.2) is 0 Å². The molecule has 30 heavy (non-hydrogen) atoms. The second kappa shape index (κ2) is 10.2. The Morgan fingerprint density at radius 3 is 2.10 bits per heavy atom. The zero-order valence-corrected chi connectivity index (χ0v) is 16.5. The third kappa shape index (κ3) is 6.73. The summed E-state index contributed by atoms with van der Waals surface area (Å²) in [5.41, 5.74) is 7.24. The van der Waals surface area contributed by atoms with Crippen LogP contribution >= 0.6 is 0 Å². The molecule has 1 aliphatic rings. The molecule has 1 fully saturated rings. The van der Waals surface area contributed by atoms with Crippen LogP contribution in [0.15, 0.2) is 65.7 Å². The fourth-order valence-corrected chi connectivity index (χ4v) is 2.80. The molecule has 4 amide bonds. The van der Waals surface area contributed by atoms with Crippen LogP contribution < -0.4 is 21.7 Å². The third-order valence-corrected chi connectivity index (χ3v) is 4.62. The van der Waals surface area contributed by atoms with E-state index in [0.717, 1.165) is 24.0 Å². The molecule has 0 heterocycles. The van der Waals surface area contributed by atoms with Gasteiger partial charge in [0.05, 0.1) is 6.54 Å². The number of aliphatic imine (C=N–C) groups is 1. The maximum atomic E-state index is 12.5. The van der Waals surface area contributed by atoms with Crippen molar-refractivity contribution in [2.45, 2.75) is 31.8 Å². The van der Waals surface area contributed by atoms with Gasteiger partial charge in [-0.2, -0.15) is 0 Å². The van der Waals surface area contributed by atoms with E-state index < -0.39 is 18.0 Å². The van der Waals surface area contributed by atoms with Crippen LogP contribution in [0.1, 0.15) is 24.0 Å². The lowest BCUT2D eigenvalue weighted by Gasteiger charge is -2.17. The Hall–Kier alpha value is -3.68. The molecule has 5 N–H and O–H groups in total. The van der Waals surface area contributed by atoms with Crippen LogP contribution in [0.4, 0.5) is 4.79 Å². The van der Waals surface area contributed by atoms with Crippen molar-refractivity contribution in [2.24, 2.45) is 16.6 Å². The molecule has 0 aliphatic heterocycles. The predicted molar refractivity (Wildman–Crippen MR) is 113 cm³/mol. The van der Waals surface area contributed by atoms with E-state index in [9.17, 15) is 14.4 Å². The number of primary amides is 1. The molecule has 2 aromatic carbocycles. The summed E-state index contributed by atoms with van der Waals surface area (Å²) in [6.07, 6.45) is 1.91. The normalized spacial score (nSPS) is 14.5. The highest BCUT2D eigenvalue weighted by atomic mass is 16.2. The molecular formula is C22H25N5O3. The van der Waals surface area contributed by atoms with Gasteiger partial charge in [0.1, 0.15) is 6.04 Å². The third-order valence-electron chi connectivity index (χ3n) is 4.62. The van der Waals surface area contributed by atoms with E-state index >= 15 is 0 Å². The fraction of sp³-hybridized carbons (Fsp3) is 0.273. The number of rotatable bonds is 7. The van der Waals surface area contributed by atoms with Crippen molar-refractivity contribution < 1.29 is 14.4 Å². The first-order valence-electron chi connectivity index (χ1n) is 9.81. The van der Waals surface area contributed by atoms with E-state index in [1.54, 1.807) is 0 Å². The Bertz CT molecular complexity index is 911. The van der Waals surface area contributed by atoms with Crippen LogP contribution in [0.5, 0.6) is 0 Å². The fourth-order valence-electron chi connectivity index (χ4n) is 2.80. The summed E-state index contributed by atoms with van der Waals surface area (Å²) in [6, 6.07) is 17.1. The van der Waals surface area contributed by atoms with E-state index in [1.165, 1.54) is 0 Å². The van der Waals surface area contributed by atoms with Crippen LogP contribution in [-0.4, -0.2) is 29.8 Å². The summed E-state index contributed by atoms with van der Waals surface area (Å²) in [5, 5.41) is 7.74. The van der Waals surface area contributed by atoms with Crippen molar-refractivity contribution >= 4 is 23.8 Å². The first-order chi connectivity index (χ1) is 14.5. The maximum Gasteiger partial charge on any atom is 0.322 e. The number of guanidine groups is 1. The number of nitrogens with one attached hydrogen (secondary N) is 3. The Morgan fingerprint density at radius 1 is 0.933 bits per heavy atom. The molecule has 0 radical (unpaired) electrons. The van der Waals surface area contributed by atoms with Gasteiger partial charge in [0.25, 0.3) is 0 Å². The molecule has 0 saturated heterocycles. The highest BCUT2D eigenvalue weighted by Gasteiger charge is 2.30.